The topological polar surface area (TPSA) is 76.5 Å². The molecule has 0 spiro atoms. The molecule has 0 radical (unpaired) electrons. The van der Waals surface area contributed by atoms with E-state index in [-0.39, 0.29) is 11.8 Å². The fourth-order valence-electron chi connectivity index (χ4n) is 3.27. The number of carbonyl (C=O) groups excluding carboxylic acids is 2. The molecule has 1 N–H and O–H groups in total. The molecule has 2 heterocycles. The van der Waals surface area contributed by atoms with Gasteiger partial charge in [-0.05, 0) is 44.9 Å². The number of anilines is 1. The molecule has 0 bridgehead atoms. The predicted molar refractivity (Wildman–Crippen MR) is 103 cm³/mol. The maximum absolute atomic E-state index is 12.6. The van der Waals surface area contributed by atoms with Gasteiger partial charge in [0.2, 0.25) is 11.8 Å². The predicted octanol–water partition coefficient (Wildman–Crippen LogP) is 2.07. The Labute approximate surface area is 159 Å². The number of fused-ring (bicyclic) bond motifs is 1. The summed E-state index contributed by atoms with van der Waals surface area (Å²) >= 11 is 0. The minimum absolute atomic E-state index is 0.0448. The Morgan fingerprint density at radius 2 is 2.07 bits per heavy atom. The zero-order valence-corrected chi connectivity index (χ0v) is 16.1. The Morgan fingerprint density at radius 3 is 2.78 bits per heavy atom. The van der Waals surface area contributed by atoms with Gasteiger partial charge in [0.05, 0.1) is 18.8 Å². The average molecular weight is 370 g/mol. The largest absolute Gasteiger partial charge is 0.494 e. The molecular weight excluding hydrogens is 344 g/mol. The van der Waals surface area contributed by atoms with Crippen molar-refractivity contribution in [2.24, 2.45) is 0 Å². The second-order valence-electron chi connectivity index (χ2n) is 6.67. The number of nitrogens with one attached hydrogen (secondary N) is 1. The van der Waals surface area contributed by atoms with Crippen molar-refractivity contribution >= 4 is 17.6 Å². The van der Waals surface area contributed by atoms with E-state index in [1.54, 1.807) is 16.5 Å². The fourth-order valence-corrected chi connectivity index (χ4v) is 3.27. The molecule has 0 saturated heterocycles. The third-order valence-corrected chi connectivity index (χ3v) is 4.65. The molecule has 0 saturated carbocycles. The lowest BCUT2D eigenvalue weighted by molar-refractivity contribution is -0.126. The quantitative estimate of drug-likeness (QED) is 0.810. The summed E-state index contributed by atoms with van der Waals surface area (Å²) in [5.74, 6) is 1.32. The van der Waals surface area contributed by atoms with Crippen LogP contribution >= 0.6 is 0 Å². The zero-order valence-electron chi connectivity index (χ0n) is 16.1. The number of aryl methyl sites for hydroxylation is 2. The number of hydrogen-bond acceptors (Lipinski definition) is 4. The molecule has 1 aliphatic rings. The Kier molecular flexibility index (Phi) is 5.78. The van der Waals surface area contributed by atoms with Crippen molar-refractivity contribution in [3.63, 3.8) is 0 Å². The van der Waals surface area contributed by atoms with Crippen LogP contribution in [0.15, 0.2) is 30.3 Å². The second kappa shape index (κ2) is 8.24. The lowest BCUT2D eigenvalue weighted by Gasteiger charge is -2.31. The number of carbonyl (C=O) groups is 2. The van der Waals surface area contributed by atoms with Crippen molar-refractivity contribution < 1.29 is 14.3 Å². The van der Waals surface area contributed by atoms with Gasteiger partial charge in [0.25, 0.3) is 0 Å². The summed E-state index contributed by atoms with van der Waals surface area (Å²) in [6.07, 6.45) is 1.08. The van der Waals surface area contributed by atoms with Gasteiger partial charge in [0, 0.05) is 19.0 Å². The summed E-state index contributed by atoms with van der Waals surface area (Å²) in [6, 6.07) is 9.12. The second-order valence-corrected chi connectivity index (χ2v) is 6.67. The van der Waals surface area contributed by atoms with Crippen LogP contribution in [0.25, 0.3) is 0 Å². The van der Waals surface area contributed by atoms with Crippen LogP contribution in [-0.4, -0.2) is 40.8 Å². The normalized spacial score (nSPS) is 14.6. The van der Waals surface area contributed by atoms with E-state index in [4.69, 9.17) is 4.74 Å². The highest BCUT2D eigenvalue weighted by Crippen LogP contribution is 2.24. The minimum atomic E-state index is -0.576. The maximum Gasteiger partial charge on any atom is 0.242 e. The molecule has 7 nitrogen and oxygen atoms in total. The van der Waals surface area contributed by atoms with Gasteiger partial charge < -0.3 is 10.1 Å². The van der Waals surface area contributed by atoms with Crippen LogP contribution in [0.5, 0.6) is 5.75 Å². The molecule has 0 fully saturated rings. The van der Waals surface area contributed by atoms with Crippen LogP contribution in [0.3, 0.4) is 0 Å². The molecule has 1 aliphatic heterocycles. The highest BCUT2D eigenvalue weighted by atomic mass is 16.5. The molecule has 1 aromatic heterocycles. The molecular formula is C20H26N4O3. The Bertz CT molecular complexity index is 813. The molecule has 1 atom stereocenters. The van der Waals surface area contributed by atoms with E-state index in [0.29, 0.717) is 31.9 Å². The SMILES string of the molecule is CCOc1ccc(CCNC(=O)[C@H](C)N2C(=O)CCn3nc(C)cc32)cc1. The van der Waals surface area contributed by atoms with E-state index >= 15 is 0 Å². The Balaban J connectivity index is 1.57. The number of nitrogens with zero attached hydrogens (tertiary/aromatic N) is 3. The van der Waals surface area contributed by atoms with Crippen LogP contribution in [0, 0.1) is 6.92 Å². The standard InChI is InChI=1S/C20H26N4O3/c1-4-27-17-7-5-16(6-8-17)9-11-21-20(26)15(3)24-18-13-14(2)22-23(18)12-10-19(24)25/h5-8,13,15H,4,9-12H2,1-3H3,(H,21,26)/t15-/m0/s1. The summed E-state index contributed by atoms with van der Waals surface area (Å²) in [5, 5.41) is 7.31. The van der Waals surface area contributed by atoms with E-state index in [2.05, 4.69) is 10.4 Å². The van der Waals surface area contributed by atoms with E-state index in [1.165, 1.54) is 0 Å². The third kappa shape index (κ3) is 4.30. The third-order valence-electron chi connectivity index (χ3n) is 4.65. The minimum Gasteiger partial charge on any atom is -0.494 e. The number of benzene rings is 1. The lowest BCUT2D eigenvalue weighted by Crippen LogP contribution is -2.51. The summed E-state index contributed by atoms with van der Waals surface area (Å²) < 4.78 is 7.22. The Hall–Kier alpha value is -2.83. The van der Waals surface area contributed by atoms with E-state index in [9.17, 15) is 9.59 Å². The summed E-state index contributed by atoms with van der Waals surface area (Å²) in [7, 11) is 0. The molecule has 0 aliphatic carbocycles. The van der Waals surface area contributed by atoms with Gasteiger partial charge >= 0.3 is 0 Å². The molecule has 7 heteroatoms. The first-order chi connectivity index (χ1) is 13.0. The summed E-state index contributed by atoms with van der Waals surface area (Å²) in [6.45, 7) is 7.30. The van der Waals surface area contributed by atoms with Crippen LogP contribution < -0.4 is 15.0 Å². The van der Waals surface area contributed by atoms with Gasteiger partial charge in [-0.2, -0.15) is 5.10 Å². The highest BCUT2D eigenvalue weighted by Gasteiger charge is 2.32. The van der Waals surface area contributed by atoms with Crippen molar-refractivity contribution in [2.45, 2.75) is 46.2 Å². The van der Waals surface area contributed by atoms with Gasteiger partial charge in [-0.3, -0.25) is 14.5 Å². The van der Waals surface area contributed by atoms with E-state index in [1.807, 2.05) is 44.2 Å². The molecule has 1 aromatic carbocycles. The van der Waals surface area contributed by atoms with E-state index in [0.717, 1.165) is 23.4 Å². The van der Waals surface area contributed by atoms with Crippen molar-refractivity contribution in [3.05, 3.63) is 41.6 Å². The smallest absolute Gasteiger partial charge is 0.242 e. The molecule has 2 aromatic rings. The number of aromatic nitrogens is 2. The number of ether oxygens (including phenoxy) is 1. The molecule has 0 unspecified atom stereocenters. The van der Waals surface area contributed by atoms with Gasteiger partial charge in [0.1, 0.15) is 17.6 Å². The Morgan fingerprint density at radius 1 is 1.33 bits per heavy atom. The number of amides is 2. The first-order valence-electron chi connectivity index (χ1n) is 9.35. The van der Waals surface area contributed by atoms with Crippen LogP contribution in [0.1, 0.15) is 31.5 Å². The van der Waals surface area contributed by atoms with Crippen LogP contribution in [-0.2, 0) is 22.6 Å². The zero-order chi connectivity index (χ0) is 19.4. The lowest BCUT2D eigenvalue weighted by atomic mass is 10.1. The van der Waals surface area contributed by atoms with Crippen molar-refractivity contribution in [3.8, 4) is 5.75 Å². The fraction of sp³-hybridized carbons (Fsp3) is 0.450. The van der Waals surface area contributed by atoms with Crippen molar-refractivity contribution in [1.29, 1.82) is 0 Å². The van der Waals surface area contributed by atoms with Crippen molar-refractivity contribution in [1.82, 2.24) is 15.1 Å². The number of hydrogen-bond donors (Lipinski definition) is 1. The van der Waals surface area contributed by atoms with Crippen LogP contribution in [0.2, 0.25) is 0 Å². The maximum atomic E-state index is 12.6. The molecule has 2 amide bonds. The monoisotopic (exact) mass is 370 g/mol. The molecule has 27 heavy (non-hydrogen) atoms. The first-order valence-corrected chi connectivity index (χ1v) is 9.35. The van der Waals surface area contributed by atoms with Gasteiger partial charge in [0.15, 0.2) is 0 Å². The van der Waals surface area contributed by atoms with Crippen LogP contribution in [0.4, 0.5) is 5.82 Å². The van der Waals surface area contributed by atoms with Gasteiger partial charge in [-0.1, -0.05) is 12.1 Å². The first kappa shape index (κ1) is 18.9. The average Bonchev–Trinajstić information content (AvgIpc) is 3.03. The molecule has 144 valence electrons. The van der Waals surface area contributed by atoms with Gasteiger partial charge in [-0.15, -0.1) is 0 Å². The number of rotatable bonds is 7. The van der Waals surface area contributed by atoms with Crippen molar-refractivity contribution in [2.75, 3.05) is 18.1 Å². The molecule has 3 rings (SSSR count). The highest BCUT2D eigenvalue weighted by molar-refractivity contribution is 6.00. The summed E-state index contributed by atoms with van der Waals surface area (Å²) in [5.41, 5.74) is 1.96. The van der Waals surface area contributed by atoms with E-state index < -0.39 is 6.04 Å². The van der Waals surface area contributed by atoms with Gasteiger partial charge in [-0.25, -0.2) is 4.68 Å². The summed E-state index contributed by atoms with van der Waals surface area (Å²) in [4.78, 5) is 26.5.